The molecule has 0 aromatic rings. The minimum absolute atomic E-state index is 0.260. The van der Waals surface area contributed by atoms with Gasteiger partial charge in [-0.25, -0.2) is 4.79 Å². The first-order valence-electron chi connectivity index (χ1n) is 5.30. The Balaban J connectivity index is 2.62. The van der Waals surface area contributed by atoms with E-state index in [2.05, 4.69) is 4.74 Å². The van der Waals surface area contributed by atoms with Crippen LogP contribution in [0, 0.1) is 0 Å². The molecule has 0 N–H and O–H groups in total. The molecular weight excluding hydrogens is 192 g/mol. The molecule has 0 unspecified atom stereocenters. The highest BCUT2D eigenvalue weighted by atomic mass is 16.6. The Morgan fingerprint density at radius 2 is 1.80 bits per heavy atom. The van der Waals surface area contributed by atoms with Gasteiger partial charge in [0.2, 0.25) is 5.76 Å². The molecule has 0 radical (unpaired) electrons. The standard InChI is InChI=1S/C12H18O3/c1-14-11(12(13)15-2)9-8-10-6-4-3-5-7-10/h8-9H,3-7H2,1-2H3/b11-9-. The maximum Gasteiger partial charge on any atom is 0.373 e. The fourth-order valence-electron chi connectivity index (χ4n) is 1.69. The third kappa shape index (κ3) is 3.78. The fraction of sp³-hybridized carbons (Fsp3) is 0.583. The highest BCUT2D eigenvalue weighted by Gasteiger charge is 2.09. The molecular formula is C12H18O3. The van der Waals surface area contributed by atoms with Crippen molar-refractivity contribution >= 4 is 5.97 Å². The number of methoxy groups -OCH3 is 2. The van der Waals surface area contributed by atoms with Crippen LogP contribution in [0.1, 0.15) is 32.1 Å². The summed E-state index contributed by atoms with van der Waals surface area (Å²) in [5.74, 6) is -0.166. The van der Waals surface area contributed by atoms with Gasteiger partial charge in [-0.05, 0) is 31.8 Å². The van der Waals surface area contributed by atoms with E-state index in [0.29, 0.717) is 0 Å². The number of hydrogen-bond donors (Lipinski definition) is 0. The third-order valence-corrected chi connectivity index (χ3v) is 2.57. The van der Waals surface area contributed by atoms with Crippen molar-refractivity contribution in [3.05, 3.63) is 23.5 Å². The third-order valence-electron chi connectivity index (χ3n) is 2.57. The molecule has 0 amide bonds. The van der Waals surface area contributed by atoms with E-state index in [1.807, 2.05) is 6.08 Å². The number of hydrogen-bond acceptors (Lipinski definition) is 3. The molecule has 0 aromatic carbocycles. The Morgan fingerprint density at radius 1 is 1.13 bits per heavy atom. The molecule has 84 valence electrons. The normalized spacial score (nSPS) is 17.2. The average Bonchev–Trinajstić information content (AvgIpc) is 2.31. The summed E-state index contributed by atoms with van der Waals surface area (Å²) in [5, 5.41) is 0. The van der Waals surface area contributed by atoms with Crippen LogP contribution in [-0.2, 0) is 14.3 Å². The van der Waals surface area contributed by atoms with Gasteiger partial charge in [0, 0.05) is 0 Å². The molecule has 0 heterocycles. The van der Waals surface area contributed by atoms with E-state index in [1.54, 1.807) is 6.08 Å². The molecule has 1 rings (SSSR count). The lowest BCUT2D eigenvalue weighted by Gasteiger charge is -2.12. The first kappa shape index (κ1) is 11.8. The van der Waals surface area contributed by atoms with Gasteiger partial charge in [0.05, 0.1) is 14.2 Å². The first-order chi connectivity index (χ1) is 7.27. The summed E-state index contributed by atoms with van der Waals surface area (Å²) in [4.78, 5) is 11.2. The van der Waals surface area contributed by atoms with Gasteiger partial charge in [0.1, 0.15) is 0 Å². The lowest BCUT2D eigenvalue weighted by molar-refractivity contribution is -0.139. The molecule has 0 aliphatic heterocycles. The molecule has 1 aliphatic carbocycles. The summed E-state index contributed by atoms with van der Waals surface area (Å²) < 4.78 is 9.52. The van der Waals surface area contributed by atoms with Gasteiger partial charge in [-0.3, -0.25) is 0 Å². The van der Waals surface area contributed by atoms with Crippen LogP contribution in [0.15, 0.2) is 23.5 Å². The second-order valence-corrected chi connectivity index (χ2v) is 3.61. The molecule has 0 aromatic heterocycles. The summed E-state index contributed by atoms with van der Waals surface area (Å²) >= 11 is 0. The van der Waals surface area contributed by atoms with Crippen LogP contribution in [0.3, 0.4) is 0 Å². The molecule has 1 fully saturated rings. The van der Waals surface area contributed by atoms with E-state index in [-0.39, 0.29) is 5.76 Å². The molecule has 15 heavy (non-hydrogen) atoms. The van der Waals surface area contributed by atoms with Crippen LogP contribution >= 0.6 is 0 Å². The van der Waals surface area contributed by atoms with Crippen molar-refractivity contribution in [2.75, 3.05) is 14.2 Å². The molecule has 0 bridgehead atoms. The molecule has 1 saturated carbocycles. The zero-order valence-electron chi connectivity index (χ0n) is 9.41. The van der Waals surface area contributed by atoms with Crippen LogP contribution in [0.2, 0.25) is 0 Å². The number of carbonyl (C=O) groups is 1. The second-order valence-electron chi connectivity index (χ2n) is 3.61. The summed E-state index contributed by atoms with van der Waals surface area (Å²) in [6.45, 7) is 0. The van der Waals surface area contributed by atoms with Gasteiger partial charge in [-0.15, -0.1) is 0 Å². The molecule has 3 heteroatoms. The quantitative estimate of drug-likeness (QED) is 0.408. The van der Waals surface area contributed by atoms with Gasteiger partial charge in [-0.2, -0.15) is 0 Å². The Bertz CT molecular complexity index is 269. The van der Waals surface area contributed by atoms with Crippen LogP contribution in [0.4, 0.5) is 0 Å². The molecule has 0 atom stereocenters. The monoisotopic (exact) mass is 210 g/mol. The van der Waals surface area contributed by atoms with Gasteiger partial charge in [0.25, 0.3) is 0 Å². The fourth-order valence-corrected chi connectivity index (χ4v) is 1.69. The molecule has 0 saturated heterocycles. The van der Waals surface area contributed by atoms with Gasteiger partial charge in [-0.1, -0.05) is 18.1 Å². The van der Waals surface area contributed by atoms with Crippen molar-refractivity contribution in [3.63, 3.8) is 0 Å². The van der Waals surface area contributed by atoms with Crippen molar-refractivity contribution in [3.8, 4) is 0 Å². The Labute approximate surface area is 90.8 Å². The van der Waals surface area contributed by atoms with E-state index >= 15 is 0 Å². The largest absolute Gasteiger partial charge is 0.490 e. The number of rotatable bonds is 3. The smallest absolute Gasteiger partial charge is 0.373 e. The van der Waals surface area contributed by atoms with Crippen molar-refractivity contribution in [2.24, 2.45) is 0 Å². The molecule has 0 spiro atoms. The highest BCUT2D eigenvalue weighted by molar-refractivity contribution is 5.86. The number of carbonyl (C=O) groups excluding carboxylic acids is 1. The lowest BCUT2D eigenvalue weighted by Crippen LogP contribution is -2.06. The summed E-state index contributed by atoms with van der Waals surface area (Å²) in [6.07, 6.45) is 9.76. The maximum atomic E-state index is 11.2. The average molecular weight is 210 g/mol. The van der Waals surface area contributed by atoms with Crippen LogP contribution < -0.4 is 0 Å². The molecule has 1 aliphatic rings. The number of esters is 1. The van der Waals surface area contributed by atoms with E-state index in [4.69, 9.17) is 4.74 Å². The van der Waals surface area contributed by atoms with Crippen molar-refractivity contribution in [2.45, 2.75) is 32.1 Å². The minimum atomic E-state index is -0.426. The first-order valence-corrected chi connectivity index (χ1v) is 5.30. The zero-order chi connectivity index (χ0) is 11.1. The predicted molar refractivity (Wildman–Crippen MR) is 58.3 cm³/mol. The van der Waals surface area contributed by atoms with Crippen LogP contribution in [0.5, 0.6) is 0 Å². The van der Waals surface area contributed by atoms with E-state index in [1.165, 1.54) is 39.1 Å². The zero-order valence-corrected chi connectivity index (χ0v) is 9.41. The Kier molecular flexibility index (Phi) is 4.95. The van der Waals surface area contributed by atoms with Gasteiger partial charge < -0.3 is 9.47 Å². The minimum Gasteiger partial charge on any atom is -0.490 e. The van der Waals surface area contributed by atoms with Crippen molar-refractivity contribution < 1.29 is 14.3 Å². The Hall–Kier alpha value is -1.25. The van der Waals surface area contributed by atoms with Gasteiger partial charge in [0.15, 0.2) is 0 Å². The number of allylic oxidation sites excluding steroid dienone is 3. The maximum absolute atomic E-state index is 11.2. The second kappa shape index (κ2) is 6.27. The van der Waals surface area contributed by atoms with Crippen LogP contribution in [0.25, 0.3) is 0 Å². The van der Waals surface area contributed by atoms with E-state index in [9.17, 15) is 4.79 Å². The lowest BCUT2D eigenvalue weighted by atomic mass is 9.95. The van der Waals surface area contributed by atoms with Crippen molar-refractivity contribution in [1.82, 2.24) is 0 Å². The topological polar surface area (TPSA) is 35.5 Å². The summed E-state index contributed by atoms with van der Waals surface area (Å²) in [6, 6.07) is 0. The summed E-state index contributed by atoms with van der Waals surface area (Å²) in [5.41, 5.74) is 1.39. The molecule has 3 nitrogen and oxygen atoms in total. The number of ether oxygens (including phenoxy) is 2. The van der Waals surface area contributed by atoms with E-state index in [0.717, 1.165) is 12.8 Å². The predicted octanol–water partition coefficient (Wildman–Crippen LogP) is 2.58. The van der Waals surface area contributed by atoms with E-state index < -0.39 is 5.97 Å². The Morgan fingerprint density at radius 3 is 2.33 bits per heavy atom. The van der Waals surface area contributed by atoms with Crippen molar-refractivity contribution in [1.29, 1.82) is 0 Å². The SMILES string of the molecule is COC(=O)/C(=C/C=C1CCCCC1)OC. The summed E-state index contributed by atoms with van der Waals surface area (Å²) in [7, 11) is 2.82. The highest BCUT2D eigenvalue weighted by Crippen LogP contribution is 2.22. The van der Waals surface area contributed by atoms with Gasteiger partial charge >= 0.3 is 5.97 Å². The van der Waals surface area contributed by atoms with Crippen LogP contribution in [-0.4, -0.2) is 20.2 Å².